The average Bonchev–Trinajstić information content (AvgIpc) is 3.59. The molecule has 4 aromatic rings. The predicted molar refractivity (Wildman–Crippen MR) is 128 cm³/mol. The van der Waals surface area contributed by atoms with Gasteiger partial charge < -0.3 is 5.32 Å². The lowest BCUT2D eigenvalue weighted by Gasteiger charge is -2.25. The van der Waals surface area contributed by atoms with Crippen LogP contribution in [0.2, 0.25) is 0 Å². The second-order valence-corrected chi connectivity index (χ2v) is 10.9. The summed E-state index contributed by atoms with van der Waals surface area (Å²) in [6, 6.07) is 17.3. The van der Waals surface area contributed by atoms with Crippen molar-refractivity contribution < 1.29 is 23.2 Å². The quantitative estimate of drug-likeness (QED) is 0.270. The Balaban J connectivity index is 1.36. The lowest BCUT2D eigenvalue weighted by Crippen LogP contribution is -2.39. The van der Waals surface area contributed by atoms with Crippen LogP contribution in [0.1, 0.15) is 27.5 Å². The Kier molecular flexibility index (Phi) is 5.94. The van der Waals surface area contributed by atoms with Crippen LogP contribution in [0.3, 0.4) is 0 Å². The van der Waals surface area contributed by atoms with E-state index in [1.165, 1.54) is 0 Å². The first-order valence-electron chi connectivity index (χ1n) is 10.4. The topological polar surface area (TPSA) is 134 Å². The van der Waals surface area contributed by atoms with E-state index >= 15 is 0 Å². The Hall–Kier alpha value is -3.84. The molecule has 0 bridgehead atoms. The van der Waals surface area contributed by atoms with E-state index in [1.807, 2.05) is 0 Å². The standard InChI is InChI=1S/C23H19N5O5S2/c29-21(16-7-9-18(10-8-16)27-12-4-11-24-27)25-19-13-17-14-28(35(32,33)23(17)34-19)20(22(30)26-31)15-5-2-1-3-6-15/h1-13,20,31H,14H2,(H,25,29)(H,26,30). The van der Waals surface area contributed by atoms with Crippen molar-refractivity contribution in [3.8, 4) is 5.69 Å². The molecule has 1 atom stereocenters. The van der Waals surface area contributed by atoms with E-state index in [0.717, 1.165) is 21.3 Å². The maximum Gasteiger partial charge on any atom is 0.266 e. The largest absolute Gasteiger partial charge is 0.314 e. The molecule has 1 aliphatic heterocycles. The fourth-order valence-corrected chi connectivity index (χ4v) is 7.16. The number of fused-ring (bicyclic) bond motifs is 1. The first kappa shape index (κ1) is 22.9. The summed E-state index contributed by atoms with van der Waals surface area (Å²) in [6.45, 7) is -0.0738. The lowest BCUT2D eigenvalue weighted by molar-refractivity contribution is -0.133. The molecule has 10 nitrogen and oxygen atoms in total. The van der Waals surface area contributed by atoms with E-state index in [-0.39, 0.29) is 16.7 Å². The Morgan fingerprint density at radius 3 is 2.43 bits per heavy atom. The van der Waals surface area contributed by atoms with Gasteiger partial charge in [0.25, 0.3) is 21.8 Å². The molecular weight excluding hydrogens is 490 g/mol. The van der Waals surface area contributed by atoms with Gasteiger partial charge in [-0.05, 0) is 42.0 Å². The van der Waals surface area contributed by atoms with Gasteiger partial charge in [-0.2, -0.15) is 9.40 Å². The normalized spacial score (nSPS) is 15.3. The summed E-state index contributed by atoms with van der Waals surface area (Å²) in [5.74, 6) is -1.24. The van der Waals surface area contributed by atoms with E-state index in [1.54, 1.807) is 89.3 Å². The number of aromatic nitrogens is 2. The van der Waals surface area contributed by atoms with Gasteiger partial charge in [0, 0.05) is 30.1 Å². The summed E-state index contributed by atoms with van der Waals surface area (Å²) in [6.07, 6.45) is 3.45. The molecule has 0 fully saturated rings. The fourth-order valence-electron chi connectivity index (χ4n) is 3.91. The maximum absolute atomic E-state index is 13.3. The van der Waals surface area contributed by atoms with Crippen LogP contribution in [-0.2, 0) is 21.4 Å². The van der Waals surface area contributed by atoms with Gasteiger partial charge in [-0.3, -0.25) is 14.8 Å². The number of nitrogens with zero attached hydrogens (tertiary/aromatic N) is 3. The highest BCUT2D eigenvalue weighted by molar-refractivity contribution is 7.91. The van der Waals surface area contributed by atoms with Crippen molar-refractivity contribution in [1.29, 1.82) is 0 Å². The number of anilines is 1. The Bertz CT molecular complexity index is 1480. The third-order valence-electron chi connectivity index (χ3n) is 5.54. The second-order valence-electron chi connectivity index (χ2n) is 7.71. The van der Waals surface area contributed by atoms with Gasteiger partial charge in [-0.15, -0.1) is 11.3 Å². The smallest absolute Gasteiger partial charge is 0.266 e. The molecule has 1 unspecified atom stereocenters. The van der Waals surface area contributed by atoms with Crippen LogP contribution < -0.4 is 10.8 Å². The number of hydrogen-bond donors (Lipinski definition) is 3. The molecule has 0 spiro atoms. The highest BCUT2D eigenvalue weighted by Gasteiger charge is 2.44. The number of carbonyl (C=O) groups is 2. The van der Waals surface area contributed by atoms with Crippen molar-refractivity contribution in [2.24, 2.45) is 0 Å². The number of thiophene rings is 1. The van der Waals surface area contributed by atoms with Crippen LogP contribution in [0.25, 0.3) is 5.69 Å². The number of carbonyl (C=O) groups excluding carboxylic acids is 2. The summed E-state index contributed by atoms with van der Waals surface area (Å²) < 4.78 is 29.3. The number of benzene rings is 2. The van der Waals surface area contributed by atoms with E-state index in [0.29, 0.717) is 21.7 Å². The van der Waals surface area contributed by atoms with Crippen molar-refractivity contribution in [1.82, 2.24) is 19.6 Å². The van der Waals surface area contributed by atoms with Crippen LogP contribution in [0.15, 0.2) is 83.3 Å². The zero-order chi connectivity index (χ0) is 24.6. The van der Waals surface area contributed by atoms with Gasteiger partial charge in [0.1, 0.15) is 10.3 Å². The predicted octanol–water partition coefficient (Wildman–Crippen LogP) is 2.94. The number of hydrogen-bond acceptors (Lipinski definition) is 7. The molecule has 5 rings (SSSR count). The summed E-state index contributed by atoms with van der Waals surface area (Å²) in [4.78, 5) is 25.1. The summed E-state index contributed by atoms with van der Waals surface area (Å²) >= 11 is 0.919. The molecule has 3 N–H and O–H groups in total. The van der Waals surface area contributed by atoms with Crippen LogP contribution in [0.4, 0.5) is 5.00 Å². The van der Waals surface area contributed by atoms with Crippen LogP contribution in [-0.4, -0.2) is 39.5 Å². The summed E-state index contributed by atoms with van der Waals surface area (Å²) in [5, 5.41) is 16.5. The van der Waals surface area contributed by atoms with Crippen LogP contribution in [0, 0.1) is 0 Å². The highest BCUT2D eigenvalue weighted by atomic mass is 32.2. The number of sulfonamides is 1. The third-order valence-corrected chi connectivity index (χ3v) is 8.99. The zero-order valence-corrected chi connectivity index (χ0v) is 19.7. The molecule has 1 aliphatic rings. The van der Waals surface area contributed by atoms with Gasteiger partial charge >= 0.3 is 0 Å². The summed E-state index contributed by atoms with van der Waals surface area (Å²) in [5.41, 5.74) is 3.65. The lowest BCUT2D eigenvalue weighted by atomic mass is 10.1. The van der Waals surface area contributed by atoms with E-state index in [9.17, 15) is 23.2 Å². The molecule has 0 aliphatic carbocycles. The molecule has 35 heavy (non-hydrogen) atoms. The Morgan fingerprint density at radius 2 is 1.80 bits per heavy atom. The first-order valence-corrected chi connectivity index (χ1v) is 12.7. The van der Waals surface area contributed by atoms with Gasteiger partial charge in [0.05, 0.1) is 10.7 Å². The Labute approximate surface area is 204 Å². The van der Waals surface area contributed by atoms with E-state index in [2.05, 4.69) is 10.4 Å². The molecule has 2 aromatic heterocycles. The molecule has 3 heterocycles. The van der Waals surface area contributed by atoms with Crippen molar-refractivity contribution in [3.63, 3.8) is 0 Å². The van der Waals surface area contributed by atoms with Crippen LogP contribution >= 0.6 is 11.3 Å². The fraction of sp³-hybridized carbons (Fsp3) is 0.0870. The summed E-state index contributed by atoms with van der Waals surface area (Å²) in [7, 11) is -4.04. The highest BCUT2D eigenvalue weighted by Crippen LogP contribution is 2.43. The molecular formula is C23H19N5O5S2. The SMILES string of the molecule is O=C(Nc1cc2c(s1)S(=O)(=O)N(C(C(=O)NO)c1ccccc1)C2)c1ccc(-n2cccn2)cc1. The van der Waals surface area contributed by atoms with E-state index < -0.39 is 22.0 Å². The van der Waals surface area contributed by atoms with Crippen molar-refractivity contribution >= 4 is 38.2 Å². The molecule has 0 radical (unpaired) electrons. The number of hydroxylamine groups is 1. The average molecular weight is 510 g/mol. The Morgan fingerprint density at radius 1 is 1.06 bits per heavy atom. The molecule has 2 aromatic carbocycles. The molecule has 0 saturated heterocycles. The van der Waals surface area contributed by atoms with Crippen molar-refractivity contribution in [3.05, 3.63) is 95.8 Å². The van der Waals surface area contributed by atoms with Gasteiger partial charge in [-0.1, -0.05) is 30.3 Å². The minimum absolute atomic E-state index is 0.0495. The van der Waals surface area contributed by atoms with Crippen molar-refractivity contribution in [2.45, 2.75) is 16.8 Å². The second kappa shape index (κ2) is 9.07. The first-order chi connectivity index (χ1) is 16.9. The minimum atomic E-state index is -4.04. The third kappa shape index (κ3) is 4.23. The van der Waals surface area contributed by atoms with Gasteiger partial charge in [0.2, 0.25) is 0 Å². The molecule has 0 saturated carbocycles. The van der Waals surface area contributed by atoms with E-state index in [4.69, 9.17) is 0 Å². The minimum Gasteiger partial charge on any atom is -0.314 e. The zero-order valence-electron chi connectivity index (χ0n) is 18.0. The van der Waals surface area contributed by atoms with Crippen molar-refractivity contribution in [2.75, 3.05) is 5.32 Å². The monoisotopic (exact) mass is 509 g/mol. The number of nitrogens with one attached hydrogen (secondary N) is 2. The van der Waals surface area contributed by atoms with Gasteiger partial charge in [0.15, 0.2) is 0 Å². The molecule has 178 valence electrons. The van der Waals surface area contributed by atoms with Gasteiger partial charge in [-0.25, -0.2) is 18.6 Å². The number of amides is 2. The maximum atomic E-state index is 13.3. The van der Waals surface area contributed by atoms with Crippen LogP contribution in [0.5, 0.6) is 0 Å². The molecule has 12 heteroatoms. The number of rotatable bonds is 6. The molecule has 2 amide bonds.